The van der Waals surface area contributed by atoms with Crippen molar-refractivity contribution in [1.29, 1.82) is 0 Å². The first-order chi connectivity index (χ1) is 11.0. The average molecular weight is 415 g/mol. The molecular weight excluding hydrogens is 396 g/mol. The minimum absolute atomic E-state index is 0.00437. The average Bonchev–Trinajstić information content (AvgIpc) is 3.14. The van der Waals surface area contributed by atoms with Gasteiger partial charge in [0, 0.05) is 4.88 Å². The van der Waals surface area contributed by atoms with Crippen LogP contribution in [0.5, 0.6) is 0 Å². The Kier molecular flexibility index (Phi) is 6.80. The standard InChI is InChI=1S/C16H19BrN2O2S2/c1-10(2)8-11(12-4-3-7-22-12)19-15(20)9-18-16(21)13-5-6-14(17)23-13/h3-7,10-11H,8-9H2,1-2H3,(H,18,21)(H,19,20). The van der Waals surface area contributed by atoms with Gasteiger partial charge in [0.05, 0.1) is 21.3 Å². The third-order valence-corrected chi connectivity index (χ3v) is 5.74. The molecule has 23 heavy (non-hydrogen) atoms. The van der Waals surface area contributed by atoms with Crippen LogP contribution in [0.25, 0.3) is 0 Å². The van der Waals surface area contributed by atoms with E-state index in [1.54, 1.807) is 17.4 Å². The van der Waals surface area contributed by atoms with Gasteiger partial charge in [-0.25, -0.2) is 0 Å². The minimum atomic E-state index is -0.229. The molecule has 0 aromatic carbocycles. The Morgan fingerprint density at radius 3 is 2.61 bits per heavy atom. The molecule has 0 spiro atoms. The highest BCUT2D eigenvalue weighted by Crippen LogP contribution is 2.25. The number of hydrogen-bond acceptors (Lipinski definition) is 4. The van der Waals surface area contributed by atoms with E-state index in [2.05, 4.69) is 40.4 Å². The largest absolute Gasteiger partial charge is 0.347 e. The lowest BCUT2D eigenvalue weighted by molar-refractivity contribution is -0.120. The molecule has 124 valence electrons. The van der Waals surface area contributed by atoms with E-state index in [1.807, 2.05) is 23.6 Å². The molecule has 0 aliphatic rings. The van der Waals surface area contributed by atoms with E-state index in [1.165, 1.54) is 11.3 Å². The van der Waals surface area contributed by atoms with Gasteiger partial charge in [0.25, 0.3) is 5.91 Å². The third-order valence-electron chi connectivity index (χ3n) is 3.14. The minimum Gasteiger partial charge on any atom is -0.347 e. The van der Waals surface area contributed by atoms with Gasteiger partial charge in [0.1, 0.15) is 0 Å². The molecule has 0 bridgehead atoms. The van der Waals surface area contributed by atoms with Crippen LogP contribution in [0.2, 0.25) is 0 Å². The second kappa shape index (κ2) is 8.61. The number of nitrogens with one attached hydrogen (secondary N) is 2. The number of carbonyl (C=O) groups excluding carboxylic acids is 2. The summed E-state index contributed by atoms with van der Waals surface area (Å²) in [7, 11) is 0. The van der Waals surface area contributed by atoms with Gasteiger partial charge in [-0.05, 0) is 51.8 Å². The third kappa shape index (κ3) is 5.75. The van der Waals surface area contributed by atoms with E-state index >= 15 is 0 Å². The van der Waals surface area contributed by atoms with Crippen molar-refractivity contribution in [2.75, 3.05) is 6.54 Å². The van der Waals surface area contributed by atoms with Crippen molar-refractivity contribution in [2.45, 2.75) is 26.3 Å². The Labute approximate surface area is 152 Å². The van der Waals surface area contributed by atoms with Crippen LogP contribution in [-0.4, -0.2) is 18.4 Å². The SMILES string of the molecule is CC(C)CC(NC(=O)CNC(=O)c1ccc(Br)s1)c1cccs1. The van der Waals surface area contributed by atoms with Gasteiger partial charge in [-0.1, -0.05) is 19.9 Å². The van der Waals surface area contributed by atoms with Gasteiger partial charge < -0.3 is 10.6 Å². The molecule has 2 amide bonds. The van der Waals surface area contributed by atoms with Gasteiger partial charge in [-0.2, -0.15) is 0 Å². The molecule has 0 saturated carbocycles. The lowest BCUT2D eigenvalue weighted by atomic mass is 10.0. The second-order valence-corrected chi connectivity index (χ2v) is 8.99. The van der Waals surface area contributed by atoms with Crippen molar-refractivity contribution < 1.29 is 9.59 Å². The maximum Gasteiger partial charge on any atom is 0.261 e. The molecule has 2 aromatic rings. The second-order valence-electron chi connectivity index (χ2n) is 5.55. The summed E-state index contributed by atoms with van der Waals surface area (Å²) >= 11 is 6.29. The zero-order valence-electron chi connectivity index (χ0n) is 13.0. The quantitative estimate of drug-likeness (QED) is 0.712. The molecule has 0 aliphatic carbocycles. The van der Waals surface area contributed by atoms with E-state index in [-0.39, 0.29) is 24.4 Å². The lowest BCUT2D eigenvalue weighted by Gasteiger charge is -2.19. The van der Waals surface area contributed by atoms with Gasteiger partial charge in [-0.3, -0.25) is 9.59 Å². The Morgan fingerprint density at radius 1 is 1.26 bits per heavy atom. The van der Waals surface area contributed by atoms with Crippen molar-refractivity contribution in [3.63, 3.8) is 0 Å². The fraction of sp³-hybridized carbons (Fsp3) is 0.375. The van der Waals surface area contributed by atoms with Gasteiger partial charge in [-0.15, -0.1) is 22.7 Å². The van der Waals surface area contributed by atoms with Gasteiger partial charge in [0.15, 0.2) is 0 Å². The van der Waals surface area contributed by atoms with Crippen LogP contribution in [0.15, 0.2) is 33.4 Å². The van der Waals surface area contributed by atoms with Crippen molar-refractivity contribution in [3.8, 4) is 0 Å². The predicted molar refractivity (Wildman–Crippen MR) is 99.0 cm³/mol. The summed E-state index contributed by atoms with van der Waals surface area (Å²) in [5.41, 5.74) is 0. The van der Waals surface area contributed by atoms with E-state index in [4.69, 9.17) is 0 Å². The smallest absolute Gasteiger partial charge is 0.261 e. The summed E-state index contributed by atoms with van der Waals surface area (Å²) in [4.78, 5) is 25.8. The van der Waals surface area contributed by atoms with Crippen LogP contribution in [0.4, 0.5) is 0 Å². The molecule has 7 heteroatoms. The van der Waals surface area contributed by atoms with Crippen molar-refractivity contribution in [2.24, 2.45) is 5.92 Å². The van der Waals surface area contributed by atoms with E-state index in [0.717, 1.165) is 15.1 Å². The molecular formula is C16H19BrN2O2S2. The predicted octanol–water partition coefficient (Wildman–Crippen LogP) is 4.21. The Morgan fingerprint density at radius 2 is 2.04 bits per heavy atom. The van der Waals surface area contributed by atoms with Gasteiger partial charge in [0.2, 0.25) is 5.91 Å². The van der Waals surface area contributed by atoms with Gasteiger partial charge >= 0.3 is 0 Å². The van der Waals surface area contributed by atoms with Crippen LogP contribution in [0.1, 0.15) is 40.9 Å². The fourth-order valence-electron chi connectivity index (χ4n) is 2.14. The van der Waals surface area contributed by atoms with Crippen molar-refractivity contribution >= 4 is 50.4 Å². The molecule has 1 atom stereocenters. The molecule has 0 fully saturated rings. The van der Waals surface area contributed by atoms with E-state index < -0.39 is 0 Å². The number of hydrogen-bond donors (Lipinski definition) is 2. The normalized spacial score (nSPS) is 12.2. The van der Waals surface area contributed by atoms with E-state index in [0.29, 0.717) is 10.8 Å². The maximum atomic E-state index is 12.1. The number of rotatable bonds is 7. The zero-order chi connectivity index (χ0) is 16.8. The molecule has 2 N–H and O–H groups in total. The summed E-state index contributed by atoms with van der Waals surface area (Å²) in [5, 5.41) is 7.68. The van der Waals surface area contributed by atoms with Crippen LogP contribution in [0, 0.1) is 5.92 Å². The number of carbonyl (C=O) groups is 2. The first-order valence-corrected chi connectivity index (χ1v) is 9.81. The number of thiophene rings is 2. The highest BCUT2D eigenvalue weighted by atomic mass is 79.9. The monoisotopic (exact) mass is 414 g/mol. The summed E-state index contributed by atoms with van der Waals surface area (Å²) < 4.78 is 0.891. The number of amides is 2. The molecule has 0 radical (unpaired) electrons. The fourth-order valence-corrected chi connectivity index (χ4v) is 4.23. The zero-order valence-corrected chi connectivity index (χ0v) is 16.2. The number of halogens is 1. The molecule has 2 rings (SSSR count). The summed E-state index contributed by atoms with van der Waals surface area (Å²) in [6.07, 6.45) is 0.873. The molecule has 2 aromatic heterocycles. The molecule has 4 nitrogen and oxygen atoms in total. The molecule has 1 unspecified atom stereocenters. The summed E-state index contributed by atoms with van der Waals surface area (Å²) in [5.74, 6) is 0.0702. The maximum absolute atomic E-state index is 12.1. The Hall–Kier alpha value is -1.18. The Bertz CT molecular complexity index is 653. The molecule has 2 heterocycles. The highest BCUT2D eigenvalue weighted by molar-refractivity contribution is 9.11. The van der Waals surface area contributed by atoms with Crippen molar-refractivity contribution in [1.82, 2.24) is 10.6 Å². The lowest BCUT2D eigenvalue weighted by Crippen LogP contribution is -2.38. The molecule has 0 aliphatic heterocycles. The summed E-state index contributed by atoms with van der Waals surface area (Å²) in [6, 6.07) is 7.55. The highest BCUT2D eigenvalue weighted by Gasteiger charge is 2.18. The van der Waals surface area contributed by atoms with E-state index in [9.17, 15) is 9.59 Å². The first kappa shape index (κ1) is 18.2. The van der Waals surface area contributed by atoms with Crippen LogP contribution >= 0.6 is 38.6 Å². The van der Waals surface area contributed by atoms with Crippen LogP contribution in [-0.2, 0) is 4.79 Å². The molecule has 0 saturated heterocycles. The van der Waals surface area contributed by atoms with Crippen molar-refractivity contribution in [3.05, 3.63) is 43.2 Å². The first-order valence-electron chi connectivity index (χ1n) is 7.32. The Balaban J connectivity index is 1.88. The summed E-state index contributed by atoms with van der Waals surface area (Å²) in [6.45, 7) is 4.24. The van der Waals surface area contributed by atoms with Crippen LogP contribution in [0.3, 0.4) is 0 Å². The van der Waals surface area contributed by atoms with Crippen LogP contribution < -0.4 is 10.6 Å². The topological polar surface area (TPSA) is 58.2 Å².